The minimum Gasteiger partial charge on any atom is -0.378 e. The standard InChI is InChI=1S/C10H14F3N3O2/c1-9(14,10(11,12)13)8-15-7(16-18-8)5-6-3-2-4-17-6/h6H,2-5,14H2,1H3. The van der Waals surface area contributed by atoms with Crippen molar-refractivity contribution < 1.29 is 22.4 Å². The number of alkyl halides is 3. The SMILES string of the molecule is CC(N)(c1nc(CC2CCCO2)no1)C(F)(F)F. The lowest BCUT2D eigenvalue weighted by Crippen LogP contribution is -2.48. The van der Waals surface area contributed by atoms with Gasteiger partial charge in [0.2, 0.25) is 0 Å². The molecule has 2 N–H and O–H groups in total. The van der Waals surface area contributed by atoms with Crippen molar-refractivity contribution in [3.8, 4) is 0 Å². The molecule has 1 aliphatic heterocycles. The molecular weight excluding hydrogens is 251 g/mol. The highest BCUT2D eigenvalue weighted by Crippen LogP contribution is 2.35. The summed E-state index contributed by atoms with van der Waals surface area (Å²) in [5.74, 6) is -0.430. The number of rotatable bonds is 3. The molecule has 2 atom stereocenters. The van der Waals surface area contributed by atoms with Crippen LogP contribution in [0, 0.1) is 0 Å². The lowest BCUT2D eigenvalue weighted by Gasteiger charge is -2.22. The normalized spacial score (nSPS) is 24.2. The molecule has 1 aromatic rings. The lowest BCUT2D eigenvalue weighted by molar-refractivity contribution is -0.190. The van der Waals surface area contributed by atoms with Crippen LogP contribution in [0.5, 0.6) is 0 Å². The minimum atomic E-state index is -4.64. The zero-order chi connectivity index (χ0) is 13.4. The van der Waals surface area contributed by atoms with Gasteiger partial charge in [0.25, 0.3) is 5.89 Å². The molecule has 8 heteroatoms. The van der Waals surface area contributed by atoms with E-state index in [1.807, 2.05) is 0 Å². The number of hydrogen-bond acceptors (Lipinski definition) is 5. The lowest BCUT2D eigenvalue weighted by atomic mass is 10.0. The van der Waals surface area contributed by atoms with E-state index in [0.29, 0.717) is 13.0 Å². The zero-order valence-electron chi connectivity index (χ0n) is 9.83. The minimum absolute atomic E-state index is 0.0506. The summed E-state index contributed by atoms with van der Waals surface area (Å²) >= 11 is 0. The molecule has 2 unspecified atom stereocenters. The van der Waals surface area contributed by atoms with Gasteiger partial charge >= 0.3 is 6.18 Å². The van der Waals surface area contributed by atoms with Crippen LogP contribution in [-0.2, 0) is 16.7 Å². The van der Waals surface area contributed by atoms with Crippen molar-refractivity contribution in [3.05, 3.63) is 11.7 Å². The maximum absolute atomic E-state index is 12.7. The van der Waals surface area contributed by atoms with Gasteiger partial charge in [0.15, 0.2) is 11.4 Å². The Morgan fingerprint density at radius 2 is 2.17 bits per heavy atom. The topological polar surface area (TPSA) is 74.2 Å². The number of aromatic nitrogens is 2. The molecular formula is C10H14F3N3O2. The molecule has 1 aromatic heterocycles. The maximum Gasteiger partial charge on any atom is 0.415 e. The van der Waals surface area contributed by atoms with Gasteiger partial charge < -0.3 is 15.0 Å². The van der Waals surface area contributed by atoms with Crippen LogP contribution in [0.3, 0.4) is 0 Å². The Balaban J connectivity index is 2.10. The number of nitrogens with zero attached hydrogens (tertiary/aromatic N) is 2. The monoisotopic (exact) mass is 265 g/mol. The highest BCUT2D eigenvalue weighted by molar-refractivity contribution is 5.04. The van der Waals surface area contributed by atoms with Crippen LogP contribution in [0.4, 0.5) is 13.2 Å². The second-order valence-electron chi connectivity index (χ2n) is 4.56. The molecule has 18 heavy (non-hydrogen) atoms. The fraction of sp³-hybridized carbons (Fsp3) is 0.800. The summed E-state index contributed by atoms with van der Waals surface area (Å²) in [7, 11) is 0. The first kappa shape index (κ1) is 13.3. The van der Waals surface area contributed by atoms with E-state index in [-0.39, 0.29) is 11.9 Å². The van der Waals surface area contributed by atoms with Gasteiger partial charge in [-0.1, -0.05) is 5.16 Å². The average molecular weight is 265 g/mol. The van der Waals surface area contributed by atoms with Crippen molar-refractivity contribution in [2.75, 3.05) is 6.61 Å². The maximum atomic E-state index is 12.7. The van der Waals surface area contributed by atoms with E-state index in [1.54, 1.807) is 0 Å². The van der Waals surface area contributed by atoms with Crippen molar-refractivity contribution in [2.45, 2.75) is 44.0 Å². The molecule has 0 aliphatic carbocycles. The quantitative estimate of drug-likeness (QED) is 0.897. The number of halogens is 3. The second-order valence-corrected chi connectivity index (χ2v) is 4.56. The fourth-order valence-corrected chi connectivity index (χ4v) is 1.68. The summed E-state index contributed by atoms with van der Waals surface area (Å²) < 4.78 is 47.9. The first-order chi connectivity index (χ1) is 8.30. The van der Waals surface area contributed by atoms with Crippen molar-refractivity contribution >= 4 is 0 Å². The fourth-order valence-electron chi connectivity index (χ4n) is 1.68. The second kappa shape index (κ2) is 4.51. The van der Waals surface area contributed by atoms with Crippen LogP contribution < -0.4 is 5.73 Å². The summed E-state index contributed by atoms with van der Waals surface area (Å²) in [6.45, 7) is 1.46. The molecule has 0 saturated carbocycles. The van der Waals surface area contributed by atoms with Crippen LogP contribution in [0.2, 0.25) is 0 Å². The van der Waals surface area contributed by atoms with Gasteiger partial charge in [-0.2, -0.15) is 18.2 Å². The van der Waals surface area contributed by atoms with E-state index in [0.717, 1.165) is 19.8 Å². The Bertz CT molecular complexity index is 411. The van der Waals surface area contributed by atoms with Crippen molar-refractivity contribution in [3.63, 3.8) is 0 Å². The molecule has 1 fully saturated rings. The first-order valence-corrected chi connectivity index (χ1v) is 5.61. The Morgan fingerprint density at radius 1 is 1.44 bits per heavy atom. The Hall–Kier alpha value is -1.15. The summed E-state index contributed by atoms with van der Waals surface area (Å²) in [5, 5.41) is 3.51. The molecule has 0 aromatic carbocycles. The Labute approximate surface area is 101 Å². The smallest absolute Gasteiger partial charge is 0.378 e. The Morgan fingerprint density at radius 3 is 2.72 bits per heavy atom. The molecule has 1 aliphatic rings. The van der Waals surface area contributed by atoms with Gasteiger partial charge in [-0.15, -0.1) is 0 Å². The molecule has 5 nitrogen and oxygen atoms in total. The largest absolute Gasteiger partial charge is 0.415 e. The van der Waals surface area contributed by atoms with Gasteiger partial charge in [-0.25, -0.2) is 0 Å². The van der Waals surface area contributed by atoms with Crippen LogP contribution in [-0.4, -0.2) is 29.0 Å². The third kappa shape index (κ3) is 2.49. The molecule has 0 amide bonds. The van der Waals surface area contributed by atoms with E-state index in [2.05, 4.69) is 14.7 Å². The predicted octanol–water partition coefficient (Wildman–Crippen LogP) is 1.53. The average Bonchev–Trinajstić information content (AvgIpc) is 2.87. The molecule has 0 radical (unpaired) electrons. The summed E-state index contributed by atoms with van der Waals surface area (Å²) in [6.07, 6.45) is -2.56. The number of nitrogens with two attached hydrogens (primary N) is 1. The third-order valence-electron chi connectivity index (χ3n) is 2.94. The summed E-state index contributed by atoms with van der Waals surface area (Å²) in [5.41, 5.74) is 2.55. The van der Waals surface area contributed by atoms with Gasteiger partial charge in [-0.3, -0.25) is 0 Å². The first-order valence-electron chi connectivity index (χ1n) is 5.61. The number of hydrogen-bond donors (Lipinski definition) is 1. The van der Waals surface area contributed by atoms with E-state index in [1.165, 1.54) is 0 Å². The van der Waals surface area contributed by atoms with Crippen LogP contribution in [0.25, 0.3) is 0 Å². The molecule has 2 heterocycles. The molecule has 2 rings (SSSR count). The summed E-state index contributed by atoms with van der Waals surface area (Å²) in [6, 6.07) is 0. The highest BCUT2D eigenvalue weighted by Gasteiger charge is 2.53. The van der Waals surface area contributed by atoms with Crippen LogP contribution in [0.15, 0.2) is 4.52 Å². The van der Waals surface area contributed by atoms with Crippen molar-refractivity contribution in [1.82, 2.24) is 10.1 Å². The van der Waals surface area contributed by atoms with Gasteiger partial charge in [-0.05, 0) is 19.8 Å². The van der Waals surface area contributed by atoms with Gasteiger partial charge in [0.1, 0.15) is 0 Å². The predicted molar refractivity (Wildman–Crippen MR) is 54.6 cm³/mol. The van der Waals surface area contributed by atoms with E-state index < -0.39 is 17.6 Å². The van der Waals surface area contributed by atoms with Crippen molar-refractivity contribution in [2.24, 2.45) is 5.73 Å². The highest BCUT2D eigenvalue weighted by atomic mass is 19.4. The van der Waals surface area contributed by atoms with Crippen LogP contribution in [0.1, 0.15) is 31.5 Å². The van der Waals surface area contributed by atoms with E-state index in [9.17, 15) is 13.2 Å². The summed E-state index contributed by atoms with van der Waals surface area (Å²) in [4.78, 5) is 3.71. The number of ether oxygens (including phenoxy) is 1. The zero-order valence-corrected chi connectivity index (χ0v) is 9.83. The van der Waals surface area contributed by atoms with Crippen LogP contribution >= 0.6 is 0 Å². The van der Waals surface area contributed by atoms with Crippen molar-refractivity contribution in [1.29, 1.82) is 0 Å². The Kier molecular flexibility index (Phi) is 3.33. The molecule has 0 bridgehead atoms. The van der Waals surface area contributed by atoms with E-state index in [4.69, 9.17) is 10.5 Å². The molecule has 1 saturated heterocycles. The third-order valence-corrected chi connectivity index (χ3v) is 2.94. The molecule has 102 valence electrons. The molecule has 0 spiro atoms. The van der Waals surface area contributed by atoms with Gasteiger partial charge in [0.05, 0.1) is 6.10 Å². The van der Waals surface area contributed by atoms with Gasteiger partial charge in [0, 0.05) is 13.0 Å². The van der Waals surface area contributed by atoms with E-state index >= 15 is 0 Å².